The molecule has 1 aromatic rings. The van der Waals surface area contributed by atoms with E-state index >= 15 is 0 Å². The van der Waals surface area contributed by atoms with Crippen LogP contribution in [0.5, 0.6) is 0 Å². The van der Waals surface area contributed by atoms with E-state index in [1.54, 1.807) is 7.11 Å². The van der Waals surface area contributed by atoms with Gasteiger partial charge in [0.25, 0.3) is 0 Å². The largest absolute Gasteiger partial charge is 0.384 e. The van der Waals surface area contributed by atoms with Gasteiger partial charge in [0.15, 0.2) is 0 Å². The lowest BCUT2D eigenvalue weighted by molar-refractivity contribution is 0.161. The van der Waals surface area contributed by atoms with Crippen LogP contribution >= 0.6 is 0 Å². The SMILES string of the molecule is COCC1CCN(c2ncc(CNC3CC3)c(C)n2)C1. The molecule has 1 aliphatic carbocycles. The van der Waals surface area contributed by atoms with Crippen LogP contribution in [0.3, 0.4) is 0 Å². The Morgan fingerprint density at radius 1 is 1.40 bits per heavy atom. The van der Waals surface area contributed by atoms with E-state index in [1.165, 1.54) is 24.8 Å². The summed E-state index contributed by atoms with van der Waals surface area (Å²) in [7, 11) is 1.77. The van der Waals surface area contributed by atoms with Crippen LogP contribution in [0.4, 0.5) is 5.95 Å². The Kier molecular flexibility index (Phi) is 4.17. The molecule has 2 aliphatic rings. The molecule has 1 aromatic heterocycles. The Balaban J connectivity index is 1.61. The average Bonchev–Trinajstić information content (AvgIpc) is 3.16. The van der Waals surface area contributed by atoms with E-state index in [4.69, 9.17) is 4.74 Å². The molecule has 1 aliphatic heterocycles. The number of nitrogens with one attached hydrogen (secondary N) is 1. The van der Waals surface area contributed by atoms with Crippen LogP contribution in [0.15, 0.2) is 6.20 Å². The third kappa shape index (κ3) is 3.27. The molecular weight excluding hydrogens is 252 g/mol. The summed E-state index contributed by atoms with van der Waals surface area (Å²) in [4.78, 5) is 11.5. The minimum absolute atomic E-state index is 0.611. The van der Waals surface area contributed by atoms with Crippen molar-refractivity contribution in [2.75, 3.05) is 31.7 Å². The maximum Gasteiger partial charge on any atom is 0.225 e. The second-order valence-corrected chi connectivity index (χ2v) is 5.99. The molecule has 0 amide bonds. The van der Waals surface area contributed by atoms with E-state index in [9.17, 15) is 0 Å². The predicted molar refractivity (Wildman–Crippen MR) is 78.8 cm³/mol. The number of aryl methyl sites for hydroxylation is 1. The molecule has 0 radical (unpaired) electrons. The molecule has 5 nitrogen and oxygen atoms in total. The molecule has 1 N–H and O–H groups in total. The zero-order valence-electron chi connectivity index (χ0n) is 12.4. The molecule has 1 atom stereocenters. The fourth-order valence-electron chi connectivity index (χ4n) is 2.73. The minimum Gasteiger partial charge on any atom is -0.384 e. The standard InChI is InChI=1S/C15H24N4O/c1-11-13(7-16-14-3-4-14)8-17-15(18-11)19-6-5-12(9-19)10-20-2/h8,12,14,16H,3-7,9-10H2,1-2H3. The fraction of sp³-hybridized carbons (Fsp3) is 0.733. The van der Waals surface area contributed by atoms with Gasteiger partial charge in [0, 0.05) is 56.2 Å². The van der Waals surface area contributed by atoms with Crippen molar-refractivity contribution in [2.45, 2.75) is 38.8 Å². The number of methoxy groups -OCH3 is 1. The van der Waals surface area contributed by atoms with Gasteiger partial charge < -0.3 is 15.0 Å². The summed E-state index contributed by atoms with van der Waals surface area (Å²) >= 11 is 0. The van der Waals surface area contributed by atoms with Gasteiger partial charge >= 0.3 is 0 Å². The first-order chi connectivity index (χ1) is 9.76. The first-order valence-corrected chi connectivity index (χ1v) is 7.56. The number of rotatable bonds is 6. The van der Waals surface area contributed by atoms with Crippen molar-refractivity contribution in [3.63, 3.8) is 0 Å². The summed E-state index contributed by atoms with van der Waals surface area (Å²) in [5, 5.41) is 3.52. The van der Waals surface area contributed by atoms with Gasteiger partial charge in [-0.05, 0) is 26.2 Å². The molecule has 1 unspecified atom stereocenters. The summed E-state index contributed by atoms with van der Waals surface area (Å²) in [6.45, 7) is 5.85. The van der Waals surface area contributed by atoms with Gasteiger partial charge in [-0.25, -0.2) is 9.97 Å². The zero-order chi connectivity index (χ0) is 13.9. The molecule has 0 bridgehead atoms. The molecule has 2 fully saturated rings. The van der Waals surface area contributed by atoms with E-state index in [0.717, 1.165) is 43.9 Å². The van der Waals surface area contributed by atoms with Crippen LogP contribution in [0.2, 0.25) is 0 Å². The van der Waals surface area contributed by atoms with E-state index in [2.05, 4.69) is 27.1 Å². The first-order valence-electron chi connectivity index (χ1n) is 7.56. The van der Waals surface area contributed by atoms with Crippen molar-refractivity contribution in [3.05, 3.63) is 17.5 Å². The van der Waals surface area contributed by atoms with Gasteiger partial charge in [0.1, 0.15) is 0 Å². The van der Waals surface area contributed by atoms with Gasteiger partial charge in [-0.1, -0.05) is 0 Å². The lowest BCUT2D eigenvalue weighted by Crippen LogP contribution is -2.24. The smallest absolute Gasteiger partial charge is 0.225 e. The van der Waals surface area contributed by atoms with Gasteiger partial charge in [-0.3, -0.25) is 0 Å². The molecule has 5 heteroatoms. The molecule has 0 spiro atoms. The number of ether oxygens (including phenoxy) is 1. The van der Waals surface area contributed by atoms with Crippen LogP contribution < -0.4 is 10.2 Å². The van der Waals surface area contributed by atoms with Crippen molar-refractivity contribution in [1.82, 2.24) is 15.3 Å². The van der Waals surface area contributed by atoms with Crippen molar-refractivity contribution in [1.29, 1.82) is 0 Å². The highest BCUT2D eigenvalue weighted by molar-refractivity contribution is 5.34. The first kappa shape index (κ1) is 13.8. The quantitative estimate of drug-likeness (QED) is 0.853. The number of aromatic nitrogens is 2. The molecule has 2 heterocycles. The summed E-state index contributed by atoms with van der Waals surface area (Å²) < 4.78 is 5.24. The highest BCUT2D eigenvalue weighted by Crippen LogP contribution is 2.22. The summed E-state index contributed by atoms with van der Waals surface area (Å²) in [6.07, 6.45) is 5.78. The second-order valence-electron chi connectivity index (χ2n) is 5.99. The predicted octanol–water partition coefficient (Wildman–Crippen LogP) is 1.51. The summed E-state index contributed by atoms with van der Waals surface area (Å²) in [6, 6.07) is 0.725. The number of hydrogen-bond acceptors (Lipinski definition) is 5. The van der Waals surface area contributed by atoms with Crippen LogP contribution in [0, 0.1) is 12.8 Å². The number of hydrogen-bond donors (Lipinski definition) is 1. The third-order valence-corrected chi connectivity index (χ3v) is 4.20. The van der Waals surface area contributed by atoms with Crippen LogP contribution in [0.1, 0.15) is 30.5 Å². The molecule has 1 saturated heterocycles. The highest BCUT2D eigenvalue weighted by Gasteiger charge is 2.25. The third-order valence-electron chi connectivity index (χ3n) is 4.20. The zero-order valence-corrected chi connectivity index (χ0v) is 12.4. The van der Waals surface area contributed by atoms with E-state index in [1.807, 2.05) is 6.20 Å². The van der Waals surface area contributed by atoms with Crippen molar-refractivity contribution >= 4 is 5.95 Å². The molecule has 1 saturated carbocycles. The Morgan fingerprint density at radius 3 is 2.95 bits per heavy atom. The van der Waals surface area contributed by atoms with Gasteiger partial charge in [-0.2, -0.15) is 0 Å². The van der Waals surface area contributed by atoms with Gasteiger partial charge in [-0.15, -0.1) is 0 Å². The minimum atomic E-state index is 0.611. The van der Waals surface area contributed by atoms with E-state index in [0.29, 0.717) is 5.92 Å². The van der Waals surface area contributed by atoms with Crippen molar-refractivity contribution < 1.29 is 4.74 Å². The highest BCUT2D eigenvalue weighted by atomic mass is 16.5. The second kappa shape index (κ2) is 6.06. The Bertz CT molecular complexity index is 461. The monoisotopic (exact) mass is 276 g/mol. The number of nitrogens with zero attached hydrogens (tertiary/aromatic N) is 3. The van der Waals surface area contributed by atoms with Crippen molar-refractivity contribution in [3.8, 4) is 0 Å². The lowest BCUT2D eigenvalue weighted by Gasteiger charge is -2.17. The Hall–Kier alpha value is -1.20. The van der Waals surface area contributed by atoms with E-state index in [-0.39, 0.29) is 0 Å². The summed E-state index contributed by atoms with van der Waals surface area (Å²) in [5.74, 6) is 1.48. The van der Waals surface area contributed by atoms with Gasteiger partial charge in [0.05, 0.1) is 6.61 Å². The van der Waals surface area contributed by atoms with Gasteiger partial charge in [0.2, 0.25) is 5.95 Å². The maximum absolute atomic E-state index is 5.24. The Morgan fingerprint density at radius 2 is 2.25 bits per heavy atom. The molecule has 110 valence electrons. The fourth-order valence-corrected chi connectivity index (χ4v) is 2.73. The Labute approximate surface area is 120 Å². The lowest BCUT2D eigenvalue weighted by atomic mass is 10.1. The van der Waals surface area contributed by atoms with Crippen molar-refractivity contribution in [2.24, 2.45) is 5.92 Å². The molecule has 0 aromatic carbocycles. The van der Waals surface area contributed by atoms with E-state index < -0.39 is 0 Å². The van der Waals surface area contributed by atoms with Crippen LogP contribution in [-0.2, 0) is 11.3 Å². The molecule has 3 rings (SSSR count). The average molecular weight is 276 g/mol. The topological polar surface area (TPSA) is 50.3 Å². The molecule has 20 heavy (non-hydrogen) atoms. The number of anilines is 1. The normalized spacial score (nSPS) is 22.5. The maximum atomic E-state index is 5.24. The summed E-state index contributed by atoms with van der Waals surface area (Å²) in [5.41, 5.74) is 2.31. The van der Waals surface area contributed by atoms with Crippen LogP contribution in [0.25, 0.3) is 0 Å². The van der Waals surface area contributed by atoms with Crippen LogP contribution in [-0.4, -0.2) is 42.8 Å². The molecular formula is C15H24N4O.